The lowest BCUT2D eigenvalue weighted by molar-refractivity contribution is -0.134. The molecule has 102 valence electrons. The summed E-state index contributed by atoms with van der Waals surface area (Å²) < 4.78 is 0. The van der Waals surface area contributed by atoms with Crippen molar-refractivity contribution in [2.75, 3.05) is 0 Å². The van der Waals surface area contributed by atoms with Crippen LogP contribution in [0.4, 0.5) is 0 Å². The zero-order chi connectivity index (χ0) is 14.7. The molecular weight excluding hydrogens is 248 g/mol. The number of hydrogen-bond acceptors (Lipinski definition) is 2. The van der Waals surface area contributed by atoms with E-state index in [2.05, 4.69) is 6.07 Å². The van der Waals surface area contributed by atoms with Gasteiger partial charge in [0, 0.05) is 5.41 Å². The zero-order valence-corrected chi connectivity index (χ0v) is 12.3. The van der Waals surface area contributed by atoms with Crippen molar-refractivity contribution in [2.24, 2.45) is 0 Å². The molecule has 2 aromatic carbocycles. The van der Waals surface area contributed by atoms with E-state index in [0.717, 1.165) is 21.9 Å². The van der Waals surface area contributed by atoms with Gasteiger partial charge in [0.1, 0.15) is 11.2 Å². The summed E-state index contributed by atoms with van der Waals surface area (Å²) in [4.78, 5) is 24.9. The first kappa shape index (κ1) is 13.0. The highest BCUT2D eigenvalue weighted by atomic mass is 16.2. The molecule has 1 aliphatic carbocycles. The first-order chi connectivity index (χ1) is 9.29. The van der Waals surface area contributed by atoms with Crippen molar-refractivity contribution >= 4 is 22.3 Å². The average Bonchev–Trinajstić information content (AvgIpc) is 2.57. The average molecular weight is 266 g/mol. The summed E-state index contributed by atoms with van der Waals surface area (Å²) in [5, 5.41) is 2.18. The Balaban J connectivity index is 2.44. The van der Waals surface area contributed by atoms with Crippen molar-refractivity contribution in [3.63, 3.8) is 0 Å². The number of rotatable bonds is 1. The lowest BCUT2D eigenvalue weighted by atomic mass is 9.76. The topological polar surface area (TPSA) is 34.1 Å². The van der Waals surface area contributed by atoms with E-state index in [0.29, 0.717) is 0 Å². The van der Waals surface area contributed by atoms with Crippen LogP contribution in [0.25, 0.3) is 10.8 Å². The number of carbonyl (C=O) groups excluding carboxylic acids is 2. The predicted octanol–water partition coefficient (Wildman–Crippen LogP) is 3.55. The van der Waals surface area contributed by atoms with E-state index in [1.807, 2.05) is 44.2 Å². The molecule has 0 radical (unpaired) electrons. The van der Waals surface area contributed by atoms with Crippen molar-refractivity contribution < 1.29 is 9.59 Å². The third-order valence-corrected chi connectivity index (χ3v) is 4.82. The second-order valence-electron chi connectivity index (χ2n) is 6.38. The number of carbonyl (C=O) groups is 2. The molecule has 20 heavy (non-hydrogen) atoms. The molecule has 1 aliphatic rings. The standard InChI is InChI=1S/C18H18O2/c1-11(19)18(4)15-10-13-8-6-5-7-12(13)9-14(15)17(2,3)16(18)20/h5-10H,1-4H3. The fourth-order valence-corrected chi connectivity index (χ4v) is 3.39. The fraction of sp³-hybridized carbons (Fsp3) is 0.333. The van der Waals surface area contributed by atoms with Crippen LogP contribution in [0, 0.1) is 0 Å². The first-order valence-corrected chi connectivity index (χ1v) is 6.89. The Morgan fingerprint density at radius 2 is 1.45 bits per heavy atom. The molecule has 0 amide bonds. The Hall–Kier alpha value is -1.96. The van der Waals surface area contributed by atoms with Gasteiger partial charge in [-0.3, -0.25) is 9.59 Å². The molecule has 1 unspecified atom stereocenters. The Bertz CT molecular complexity index is 755. The largest absolute Gasteiger partial charge is 0.299 e. The van der Waals surface area contributed by atoms with Crippen LogP contribution in [0.15, 0.2) is 36.4 Å². The van der Waals surface area contributed by atoms with Gasteiger partial charge in [0.15, 0.2) is 5.78 Å². The van der Waals surface area contributed by atoms with E-state index < -0.39 is 10.8 Å². The molecule has 2 aromatic rings. The van der Waals surface area contributed by atoms with E-state index >= 15 is 0 Å². The van der Waals surface area contributed by atoms with E-state index in [9.17, 15) is 9.59 Å². The fourth-order valence-electron chi connectivity index (χ4n) is 3.39. The highest BCUT2D eigenvalue weighted by Crippen LogP contribution is 2.48. The Morgan fingerprint density at radius 1 is 0.950 bits per heavy atom. The maximum Gasteiger partial charge on any atom is 0.160 e. The third kappa shape index (κ3) is 1.39. The van der Waals surface area contributed by atoms with Crippen molar-refractivity contribution in [1.29, 1.82) is 0 Å². The number of hydrogen-bond donors (Lipinski definition) is 0. The monoisotopic (exact) mass is 266 g/mol. The van der Waals surface area contributed by atoms with Crippen LogP contribution in [0.3, 0.4) is 0 Å². The number of Topliss-reactive ketones (excluding diaryl/α,β-unsaturated/α-hetero) is 2. The number of ketones is 2. The number of benzene rings is 2. The molecule has 0 saturated carbocycles. The Morgan fingerprint density at radius 3 is 1.95 bits per heavy atom. The van der Waals surface area contributed by atoms with Gasteiger partial charge in [0.25, 0.3) is 0 Å². The summed E-state index contributed by atoms with van der Waals surface area (Å²) in [6.45, 7) is 7.10. The quantitative estimate of drug-likeness (QED) is 0.740. The van der Waals surface area contributed by atoms with Gasteiger partial charge < -0.3 is 0 Å². The lowest BCUT2D eigenvalue weighted by Gasteiger charge is -2.23. The highest BCUT2D eigenvalue weighted by molar-refractivity contribution is 6.19. The molecule has 2 nitrogen and oxygen atoms in total. The van der Waals surface area contributed by atoms with Gasteiger partial charge in [-0.15, -0.1) is 0 Å². The SMILES string of the molecule is CC(=O)C1(C)C(=O)C(C)(C)c2cc3ccccc3cc21. The van der Waals surface area contributed by atoms with Gasteiger partial charge in [-0.1, -0.05) is 24.3 Å². The normalized spacial score (nSPS) is 23.9. The van der Waals surface area contributed by atoms with Crippen molar-refractivity contribution in [2.45, 2.75) is 38.5 Å². The summed E-state index contributed by atoms with van der Waals surface area (Å²) in [5.41, 5.74) is 0.237. The molecule has 0 fully saturated rings. The Labute approximate surface area is 118 Å². The number of fused-ring (bicyclic) bond motifs is 2. The van der Waals surface area contributed by atoms with Crippen LogP contribution >= 0.6 is 0 Å². The molecule has 0 bridgehead atoms. The predicted molar refractivity (Wildman–Crippen MR) is 80.0 cm³/mol. The summed E-state index contributed by atoms with van der Waals surface area (Å²) in [7, 11) is 0. The summed E-state index contributed by atoms with van der Waals surface area (Å²) in [6.07, 6.45) is 0. The second kappa shape index (κ2) is 3.78. The summed E-state index contributed by atoms with van der Waals surface area (Å²) >= 11 is 0. The maximum atomic E-state index is 12.8. The highest BCUT2D eigenvalue weighted by Gasteiger charge is 2.55. The molecule has 0 heterocycles. The molecule has 0 spiro atoms. The van der Waals surface area contributed by atoms with Gasteiger partial charge in [0.2, 0.25) is 0 Å². The summed E-state index contributed by atoms with van der Waals surface area (Å²) in [5.74, 6) is -0.0765. The van der Waals surface area contributed by atoms with Crippen LogP contribution in [-0.2, 0) is 20.4 Å². The van der Waals surface area contributed by atoms with Gasteiger partial charge in [-0.05, 0) is 61.7 Å². The molecule has 0 aromatic heterocycles. The van der Waals surface area contributed by atoms with E-state index in [4.69, 9.17) is 0 Å². The van der Waals surface area contributed by atoms with Gasteiger partial charge in [-0.25, -0.2) is 0 Å². The van der Waals surface area contributed by atoms with Crippen molar-refractivity contribution in [3.05, 3.63) is 47.5 Å². The smallest absolute Gasteiger partial charge is 0.160 e. The minimum atomic E-state index is -1.01. The minimum absolute atomic E-state index is 0.00260. The third-order valence-electron chi connectivity index (χ3n) is 4.82. The summed E-state index contributed by atoms with van der Waals surface area (Å²) in [6, 6.07) is 12.1. The zero-order valence-electron chi connectivity index (χ0n) is 12.3. The van der Waals surface area contributed by atoms with Crippen LogP contribution in [0.5, 0.6) is 0 Å². The molecule has 0 saturated heterocycles. The molecule has 1 atom stereocenters. The lowest BCUT2D eigenvalue weighted by Crippen LogP contribution is -2.41. The van der Waals surface area contributed by atoms with Gasteiger partial charge in [0.05, 0.1) is 0 Å². The molecule has 0 aliphatic heterocycles. The van der Waals surface area contributed by atoms with E-state index in [-0.39, 0.29) is 11.6 Å². The molecule has 0 N–H and O–H groups in total. The molecular formula is C18H18O2. The van der Waals surface area contributed by atoms with Crippen LogP contribution in [0.1, 0.15) is 38.8 Å². The van der Waals surface area contributed by atoms with Crippen LogP contribution in [-0.4, -0.2) is 11.6 Å². The van der Waals surface area contributed by atoms with Crippen molar-refractivity contribution in [3.8, 4) is 0 Å². The molecule has 2 heteroatoms. The minimum Gasteiger partial charge on any atom is -0.299 e. The van der Waals surface area contributed by atoms with E-state index in [1.165, 1.54) is 6.92 Å². The van der Waals surface area contributed by atoms with Gasteiger partial charge >= 0.3 is 0 Å². The Kier molecular flexibility index (Phi) is 2.47. The molecule has 3 rings (SSSR count). The maximum absolute atomic E-state index is 12.8. The van der Waals surface area contributed by atoms with Crippen molar-refractivity contribution in [1.82, 2.24) is 0 Å². The second-order valence-corrected chi connectivity index (χ2v) is 6.38. The van der Waals surface area contributed by atoms with Gasteiger partial charge in [-0.2, -0.15) is 0 Å². The van der Waals surface area contributed by atoms with Crippen LogP contribution in [0.2, 0.25) is 0 Å². The van der Waals surface area contributed by atoms with E-state index in [1.54, 1.807) is 6.92 Å². The first-order valence-electron chi connectivity index (χ1n) is 6.89. The van der Waals surface area contributed by atoms with Crippen LogP contribution < -0.4 is 0 Å².